The zero-order valence-electron chi connectivity index (χ0n) is 9.76. The number of benzene rings is 2. The van der Waals surface area contributed by atoms with Crippen LogP contribution in [0.4, 0.5) is 0 Å². The largest absolute Gasteiger partial charge is 0.508 e. The Bertz CT molecular complexity index is 636. The van der Waals surface area contributed by atoms with Gasteiger partial charge in [0, 0.05) is 17.6 Å². The van der Waals surface area contributed by atoms with Crippen LogP contribution in [0.5, 0.6) is 5.75 Å². The van der Waals surface area contributed by atoms with Gasteiger partial charge in [-0.05, 0) is 29.3 Å². The van der Waals surface area contributed by atoms with Gasteiger partial charge in [-0.2, -0.15) is 0 Å². The van der Waals surface area contributed by atoms with Gasteiger partial charge in [-0.15, -0.1) is 0 Å². The summed E-state index contributed by atoms with van der Waals surface area (Å²) in [6, 6.07) is 14.6. The van der Waals surface area contributed by atoms with E-state index < -0.39 is 0 Å². The summed E-state index contributed by atoms with van der Waals surface area (Å²) < 4.78 is 0. The van der Waals surface area contributed by atoms with E-state index in [1.54, 1.807) is 24.3 Å². The molecule has 0 radical (unpaired) electrons. The van der Waals surface area contributed by atoms with Gasteiger partial charge >= 0.3 is 0 Å². The second kappa shape index (κ2) is 4.15. The lowest BCUT2D eigenvalue weighted by atomic mass is 10.1. The first-order chi connectivity index (χ1) is 8.74. The Morgan fingerprint density at radius 3 is 2.44 bits per heavy atom. The van der Waals surface area contributed by atoms with Gasteiger partial charge in [0.1, 0.15) is 5.75 Å². The molecule has 2 heteroatoms. The van der Waals surface area contributed by atoms with Crippen molar-refractivity contribution in [1.29, 1.82) is 0 Å². The molecule has 0 bridgehead atoms. The second-order valence-corrected chi connectivity index (χ2v) is 4.42. The predicted molar refractivity (Wildman–Crippen MR) is 70.6 cm³/mol. The molecule has 0 unspecified atom stereocenters. The summed E-state index contributed by atoms with van der Waals surface area (Å²) in [5.74, 6) is 0.344. The normalized spacial score (nSPS) is 16.0. The lowest BCUT2D eigenvalue weighted by Gasteiger charge is -1.97. The van der Waals surface area contributed by atoms with Crippen LogP contribution in [-0.4, -0.2) is 10.9 Å². The molecule has 1 aliphatic carbocycles. The number of phenolic OH excluding ortho intramolecular Hbond substituents is 1. The minimum absolute atomic E-state index is 0.110. The molecule has 2 aromatic rings. The van der Waals surface area contributed by atoms with Crippen molar-refractivity contribution in [2.24, 2.45) is 0 Å². The Balaban J connectivity index is 1.97. The van der Waals surface area contributed by atoms with E-state index in [0.717, 1.165) is 22.3 Å². The third-order valence-corrected chi connectivity index (χ3v) is 3.17. The van der Waals surface area contributed by atoms with E-state index in [1.165, 1.54) is 0 Å². The Labute approximate surface area is 105 Å². The van der Waals surface area contributed by atoms with Gasteiger partial charge in [0.25, 0.3) is 0 Å². The quantitative estimate of drug-likeness (QED) is 0.772. The molecule has 0 saturated heterocycles. The van der Waals surface area contributed by atoms with Gasteiger partial charge in [-0.25, -0.2) is 0 Å². The summed E-state index contributed by atoms with van der Waals surface area (Å²) in [5, 5.41) is 9.22. The molecule has 1 aliphatic rings. The summed E-state index contributed by atoms with van der Waals surface area (Å²) in [5.41, 5.74) is 3.64. The maximum absolute atomic E-state index is 12.2. The number of aromatic hydroxyl groups is 1. The van der Waals surface area contributed by atoms with E-state index in [4.69, 9.17) is 0 Å². The van der Waals surface area contributed by atoms with E-state index in [1.807, 2.05) is 30.3 Å². The number of Topliss-reactive ketones (excluding diaryl/α,β-unsaturated/α-hetero) is 1. The van der Waals surface area contributed by atoms with Crippen LogP contribution < -0.4 is 0 Å². The van der Waals surface area contributed by atoms with E-state index >= 15 is 0 Å². The van der Waals surface area contributed by atoms with Gasteiger partial charge in [0.2, 0.25) is 0 Å². The number of hydrogen-bond donors (Lipinski definition) is 1. The average molecular weight is 236 g/mol. The van der Waals surface area contributed by atoms with Crippen molar-refractivity contribution in [3.8, 4) is 5.75 Å². The highest BCUT2D eigenvalue weighted by Gasteiger charge is 2.23. The molecule has 0 atom stereocenters. The van der Waals surface area contributed by atoms with Crippen LogP contribution in [0.25, 0.3) is 6.08 Å². The van der Waals surface area contributed by atoms with Gasteiger partial charge in [-0.3, -0.25) is 4.79 Å². The van der Waals surface area contributed by atoms with Crippen LogP contribution in [0.15, 0.2) is 54.1 Å². The van der Waals surface area contributed by atoms with Gasteiger partial charge < -0.3 is 5.11 Å². The van der Waals surface area contributed by atoms with Crippen molar-refractivity contribution in [1.82, 2.24) is 0 Å². The number of hydrogen-bond acceptors (Lipinski definition) is 2. The first kappa shape index (κ1) is 10.8. The van der Waals surface area contributed by atoms with Crippen LogP contribution in [-0.2, 0) is 6.42 Å². The van der Waals surface area contributed by atoms with Crippen LogP contribution in [0.3, 0.4) is 0 Å². The first-order valence-corrected chi connectivity index (χ1v) is 5.86. The molecule has 0 aromatic heterocycles. The Morgan fingerprint density at radius 2 is 1.72 bits per heavy atom. The molecule has 3 rings (SSSR count). The van der Waals surface area contributed by atoms with Gasteiger partial charge in [0.05, 0.1) is 0 Å². The molecule has 2 aromatic carbocycles. The fourth-order valence-electron chi connectivity index (χ4n) is 2.24. The molecule has 0 aliphatic heterocycles. The monoisotopic (exact) mass is 236 g/mol. The van der Waals surface area contributed by atoms with Crippen molar-refractivity contribution < 1.29 is 9.90 Å². The molecular weight excluding hydrogens is 224 g/mol. The number of carbonyl (C=O) groups is 1. The summed E-state index contributed by atoms with van der Waals surface area (Å²) in [7, 11) is 0. The molecule has 2 nitrogen and oxygen atoms in total. The smallest absolute Gasteiger partial charge is 0.189 e. The number of phenols is 1. The van der Waals surface area contributed by atoms with Crippen LogP contribution in [0.2, 0.25) is 0 Å². The van der Waals surface area contributed by atoms with Crippen molar-refractivity contribution in [3.05, 3.63) is 70.8 Å². The number of carbonyl (C=O) groups excluding carboxylic acids is 1. The van der Waals surface area contributed by atoms with Gasteiger partial charge in [-0.1, -0.05) is 36.4 Å². The minimum Gasteiger partial charge on any atom is -0.508 e. The van der Waals surface area contributed by atoms with E-state index in [9.17, 15) is 9.90 Å². The number of fused-ring (bicyclic) bond motifs is 1. The Kier molecular flexibility index (Phi) is 2.49. The third kappa shape index (κ3) is 1.82. The molecule has 88 valence electrons. The van der Waals surface area contributed by atoms with Crippen LogP contribution in [0.1, 0.15) is 21.5 Å². The maximum Gasteiger partial charge on any atom is 0.189 e. The van der Waals surface area contributed by atoms with E-state index in [0.29, 0.717) is 6.42 Å². The maximum atomic E-state index is 12.2. The lowest BCUT2D eigenvalue weighted by molar-refractivity contribution is 0.104. The van der Waals surface area contributed by atoms with Crippen molar-refractivity contribution in [2.45, 2.75) is 6.42 Å². The summed E-state index contributed by atoms with van der Waals surface area (Å²) in [6.07, 6.45) is 2.58. The fraction of sp³-hybridized carbons (Fsp3) is 0.0625. The number of rotatable bonds is 1. The molecule has 1 N–H and O–H groups in total. The molecule has 0 amide bonds. The van der Waals surface area contributed by atoms with E-state index in [-0.39, 0.29) is 11.5 Å². The first-order valence-electron chi connectivity index (χ1n) is 5.86. The van der Waals surface area contributed by atoms with Crippen molar-refractivity contribution in [3.63, 3.8) is 0 Å². The predicted octanol–water partition coefficient (Wildman–Crippen LogP) is 3.21. The minimum atomic E-state index is 0.110. The standard InChI is InChI=1S/C16H12O2/c17-14-7-5-11(6-8-14)9-13-10-12-3-1-2-4-15(12)16(13)18/h1-9,17H,10H2/b13-9+. The summed E-state index contributed by atoms with van der Waals surface area (Å²) in [4.78, 5) is 12.2. The average Bonchev–Trinajstić information content (AvgIpc) is 2.70. The Morgan fingerprint density at radius 1 is 1.00 bits per heavy atom. The van der Waals surface area contributed by atoms with Crippen LogP contribution in [0, 0.1) is 0 Å². The SMILES string of the molecule is O=C1/C(=C/c2ccc(O)cc2)Cc2ccccc21. The number of ketones is 1. The molecular formula is C16H12O2. The Hall–Kier alpha value is -2.35. The third-order valence-electron chi connectivity index (χ3n) is 3.17. The molecule has 0 heterocycles. The molecule has 0 fully saturated rings. The zero-order chi connectivity index (χ0) is 12.5. The summed E-state index contributed by atoms with van der Waals surface area (Å²) >= 11 is 0. The zero-order valence-corrected chi connectivity index (χ0v) is 9.76. The highest BCUT2D eigenvalue weighted by Crippen LogP contribution is 2.27. The fourth-order valence-corrected chi connectivity index (χ4v) is 2.24. The van der Waals surface area contributed by atoms with Crippen molar-refractivity contribution >= 4 is 11.9 Å². The molecule has 0 saturated carbocycles. The van der Waals surface area contributed by atoms with Gasteiger partial charge in [0.15, 0.2) is 5.78 Å². The second-order valence-electron chi connectivity index (χ2n) is 4.42. The van der Waals surface area contributed by atoms with Crippen molar-refractivity contribution in [2.75, 3.05) is 0 Å². The number of allylic oxidation sites excluding steroid dienone is 1. The topological polar surface area (TPSA) is 37.3 Å². The highest BCUT2D eigenvalue weighted by atomic mass is 16.3. The molecule has 0 spiro atoms. The molecule has 18 heavy (non-hydrogen) atoms. The summed E-state index contributed by atoms with van der Waals surface area (Å²) in [6.45, 7) is 0. The lowest BCUT2D eigenvalue weighted by Crippen LogP contribution is -1.94. The van der Waals surface area contributed by atoms with E-state index in [2.05, 4.69) is 0 Å². The highest BCUT2D eigenvalue weighted by molar-refractivity contribution is 6.15. The van der Waals surface area contributed by atoms with Crippen LogP contribution >= 0.6 is 0 Å².